The van der Waals surface area contributed by atoms with Gasteiger partial charge in [-0.15, -0.1) is 0 Å². The smallest absolute Gasteiger partial charge is 0.331 e. The molecule has 3 aromatic rings. The Hall–Kier alpha value is -2.99. The number of rotatable bonds is 5. The van der Waals surface area contributed by atoms with Crippen LogP contribution in [0.25, 0.3) is 17.5 Å². The molecule has 0 bridgehead atoms. The van der Waals surface area contributed by atoms with E-state index in [4.69, 9.17) is 20.9 Å². The summed E-state index contributed by atoms with van der Waals surface area (Å²) in [4.78, 5) is 15.8. The Labute approximate surface area is 147 Å². The Morgan fingerprint density at radius 2 is 1.96 bits per heavy atom. The summed E-state index contributed by atoms with van der Waals surface area (Å²) in [6.07, 6.45) is 2.82. The molecule has 0 aliphatic heterocycles. The molecule has 0 fully saturated rings. The van der Waals surface area contributed by atoms with Crippen LogP contribution >= 0.6 is 11.6 Å². The summed E-state index contributed by atoms with van der Waals surface area (Å²) in [5, 5.41) is 4.30. The van der Waals surface area contributed by atoms with Crippen molar-refractivity contribution in [3.8, 4) is 11.4 Å². The van der Waals surface area contributed by atoms with E-state index in [-0.39, 0.29) is 24.1 Å². The quantitative estimate of drug-likeness (QED) is 0.503. The first-order valence-corrected chi connectivity index (χ1v) is 7.67. The van der Waals surface area contributed by atoms with Crippen LogP contribution in [-0.4, -0.2) is 16.1 Å². The van der Waals surface area contributed by atoms with Crippen molar-refractivity contribution in [3.63, 3.8) is 0 Å². The van der Waals surface area contributed by atoms with Gasteiger partial charge in [-0.2, -0.15) is 4.98 Å². The number of carbonyl (C=O) groups excluding carboxylic acids is 1. The Morgan fingerprint density at radius 1 is 1.20 bits per heavy atom. The number of nitrogens with zero attached hydrogens (tertiary/aromatic N) is 2. The van der Waals surface area contributed by atoms with Crippen molar-refractivity contribution in [3.05, 3.63) is 76.9 Å². The van der Waals surface area contributed by atoms with Gasteiger partial charge in [0.1, 0.15) is 5.82 Å². The fourth-order valence-corrected chi connectivity index (χ4v) is 2.18. The average molecular weight is 359 g/mol. The second-order valence-corrected chi connectivity index (χ2v) is 5.39. The highest BCUT2D eigenvalue weighted by molar-refractivity contribution is 6.32. The van der Waals surface area contributed by atoms with Gasteiger partial charge in [-0.05, 0) is 42.0 Å². The van der Waals surface area contributed by atoms with Crippen molar-refractivity contribution >= 4 is 23.6 Å². The lowest BCUT2D eigenvalue weighted by atomic mass is 10.2. The van der Waals surface area contributed by atoms with Crippen LogP contribution in [0.15, 0.2) is 59.1 Å². The molecule has 7 heteroatoms. The number of carbonyl (C=O) groups is 1. The molecule has 5 nitrogen and oxygen atoms in total. The monoisotopic (exact) mass is 358 g/mol. The summed E-state index contributed by atoms with van der Waals surface area (Å²) in [6.45, 7) is -0.167. The van der Waals surface area contributed by atoms with Gasteiger partial charge in [0.25, 0.3) is 5.89 Å². The van der Waals surface area contributed by atoms with Crippen LogP contribution in [0.5, 0.6) is 0 Å². The number of benzene rings is 2. The van der Waals surface area contributed by atoms with Crippen molar-refractivity contribution in [2.24, 2.45) is 0 Å². The summed E-state index contributed by atoms with van der Waals surface area (Å²) >= 11 is 5.99. The lowest BCUT2D eigenvalue weighted by molar-refractivity contribution is -0.139. The first-order valence-electron chi connectivity index (χ1n) is 7.30. The number of hydrogen-bond acceptors (Lipinski definition) is 5. The lowest BCUT2D eigenvalue weighted by Gasteiger charge is -1.98. The lowest BCUT2D eigenvalue weighted by Crippen LogP contribution is -2.01. The molecule has 0 amide bonds. The minimum absolute atomic E-state index is 0.138. The van der Waals surface area contributed by atoms with Crippen molar-refractivity contribution in [1.82, 2.24) is 10.1 Å². The van der Waals surface area contributed by atoms with Crippen LogP contribution in [0, 0.1) is 5.82 Å². The van der Waals surface area contributed by atoms with Gasteiger partial charge in [-0.3, -0.25) is 0 Å². The normalized spacial score (nSPS) is 11.0. The number of hydrogen-bond donors (Lipinski definition) is 0. The van der Waals surface area contributed by atoms with E-state index in [2.05, 4.69) is 10.1 Å². The Bertz CT molecular complexity index is 907. The molecule has 0 unspecified atom stereocenters. The average Bonchev–Trinajstić information content (AvgIpc) is 3.09. The van der Waals surface area contributed by atoms with Gasteiger partial charge in [-0.1, -0.05) is 35.0 Å². The molecule has 0 aliphatic carbocycles. The molecule has 3 rings (SSSR count). The van der Waals surface area contributed by atoms with Crippen LogP contribution in [0.2, 0.25) is 5.02 Å². The highest BCUT2D eigenvalue weighted by atomic mass is 35.5. The molecule has 1 aromatic heterocycles. The number of esters is 1. The van der Waals surface area contributed by atoms with Crippen LogP contribution in [-0.2, 0) is 16.1 Å². The number of aromatic nitrogens is 2. The third kappa shape index (κ3) is 4.51. The standard InChI is InChI=1S/C18H12ClFN2O3/c19-15-4-2-1-3-12(15)7-10-17(23)24-11-16-21-18(22-25-16)13-5-8-14(20)9-6-13/h1-10H,11H2/b10-7+. The molecule has 0 atom stereocenters. The molecule has 2 aromatic carbocycles. The largest absolute Gasteiger partial charge is 0.452 e. The zero-order valence-corrected chi connectivity index (χ0v) is 13.6. The maximum Gasteiger partial charge on any atom is 0.331 e. The molecule has 0 spiro atoms. The van der Waals surface area contributed by atoms with E-state index in [0.717, 1.165) is 0 Å². The van der Waals surface area contributed by atoms with E-state index in [1.165, 1.54) is 30.3 Å². The predicted molar refractivity (Wildman–Crippen MR) is 90.0 cm³/mol. The molecular weight excluding hydrogens is 347 g/mol. The topological polar surface area (TPSA) is 65.2 Å². The number of halogens is 2. The predicted octanol–water partition coefficient (Wildman–Crippen LogP) is 4.29. The van der Waals surface area contributed by atoms with E-state index in [1.807, 2.05) is 6.07 Å². The third-order valence-electron chi connectivity index (χ3n) is 3.21. The second-order valence-electron chi connectivity index (χ2n) is 4.98. The third-order valence-corrected chi connectivity index (χ3v) is 3.56. The molecule has 1 heterocycles. The Kier molecular flexibility index (Phi) is 5.20. The first-order chi connectivity index (χ1) is 12.1. The molecule has 0 radical (unpaired) electrons. The molecule has 0 aliphatic rings. The van der Waals surface area contributed by atoms with Crippen LogP contribution < -0.4 is 0 Å². The SMILES string of the molecule is O=C(/C=C/c1ccccc1Cl)OCc1nc(-c2ccc(F)cc2)no1. The van der Waals surface area contributed by atoms with E-state index >= 15 is 0 Å². The van der Waals surface area contributed by atoms with E-state index in [0.29, 0.717) is 16.1 Å². The second kappa shape index (κ2) is 7.72. The number of ether oxygens (including phenoxy) is 1. The summed E-state index contributed by atoms with van der Waals surface area (Å²) < 4.78 is 22.9. The fraction of sp³-hybridized carbons (Fsp3) is 0.0556. The zero-order chi connectivity index (χ0) is 17.6. The minimum Gasteiger partial charge on any atom is -0.452 e. The molecule has 0 saturated carbocycles. The summed E-state index contributed by atoms with van der Waals surface area (Å²) in [7, 11) is 0. The van der Waals surface area contributed by atoms with Crippen LogP contribution in [0.4, 0.5) is 4.39 Å². The van der Waals surface area contributed by atoms with Crippen molar-refractivity contribution < 1.29 is 18.4 Å². The van der Waals surface area contributed by atoms with Gasteiger partial charge >= 0.3 is 5.97 Å². The van der Waals surface area contributed by atoms with Gasteiger partial charge in [-0.25, -0.2) is 9.18 Å². The van der Waals surface area contributed by atoms with Gasteiger partial charge in [0.15, 0.2) is 6.61 Å². The molecular formula is C18H12ClFN2O3. The molecule has 25 heavy (non-hydrogen) atoms. The van der Waals surface area contributed by atoms with Crippen molar-refractivity contribution in [1.29, 1.82) is 0 Å². The fourth-order valence-electron chi connectivity index (χ4n) is 1.98. The van der Waals surface area contributed by atoms with Gasteiger partial charge in [0.05, 0.1) is 0 Å². The zero-order valence-electron chi connectivity index (χ0n) is 12.9. The van der Waals surface area contributed by atoms with Crippen molar-refractivity contribution in [2.75, 3.05) is 0 Å². The van der Waals surface area contributed by atoms with E-state index in [1.54, 1.807) is 24.3 Å². The molecule has 0 N–H and O–H groups in total. The summed E-state index contributed by atoms with van der Waals surface area (Å²) in [5.41, 5.74) is 1.30. The Morgan fingerprint density at radius 3 is 2.72 bits per heavy atom. The minimum atomic E-state index is -0.568. The van der Waals surface area contributed by atoms with E-state index < -0.39 is 5.97 Å². The van der Waals surface area contributed by atoms with Gasteiger partial charge in [0, 0.05) is 16.7 Å². The summed E-state index contributed by atoms with van der Waals surface area (Å²) in [5.74, 6) is -0.496. The van der Waals surface area contributed by atoms with Gasteiger partial charge < -0.3 is 9.26 Å². The van der Waals surface area contributed by atoms with Crippen LogP contribution in [0.1, 0.15) is 11.5 Å². The molecule has 126 valence electrons. The Balaban J connectivity index is 1.58. The molecule has 0 saturated heterocycles. The maximum atomic E-state index is 12.9. The maximum absolute atomic E-state index is 12.9. The first kappa shape index (κ1) is 16.9. The van der Waals surface area contributed by atoms with Crippen molar-refractivity contribution in [2.45, 2.75) is 6.61 Å². The van der Waals surface area contributed by atoms with Gasteiger partial charge in [0.2, 0.25) is 5.82 Å². The summed E-state index contributed by atoms with van der Waals surface area (Å²) in [6, 6.07) is 12.8. The van der Waals surface area contributed by atoms with Crippen LogP contribution in [0.3, 0.4) is 0 Å². The highest BCUT2D eigenvalue weighted by Gasteiger charge is 2.10. The van der Waals surface area contributed by atoms with E-state index in [9.17, 15) is 9.18 Å². The highest BCUT2D eigenvalue weighted by Crippen LogP contribution is 2.17.